The molecule has 1 heterocycles. The lowest BCUT2D eigenvalue weighted by molar-refractivity contribution is -0.404. The number of nitro groups is 1. The summed E-state index contributed by atoms with van der Waals surface area (Å²) in [7, 11) is 1.65. The van der Waals surface area contributed by atoms with E-state index in [9.17, 15) is 10.1 Å². The molecule has 0 saturated carbocycles. The number of aryl methyl sites for hydroxylation is 2. The van der Waals surface area contributed by atoms with E-state index in [1.165, 1.54) is 0 Å². The third-order valence-corrected chi connectivity index (χ3v) is 2.59. The van der Waals surface area contributed by atoms with Crippen molar-refractivity contribution in [3.63, 3.8) is 0 Å². The van der Waals surface area contributed by atoms with Gasteiger partial charge in [-0.1, -0.05) is 0 Å². The monoisotopic (exact) mass is 253 g/mol. The Morgan fingerprint density at radius 3 is 2.94 bits per heavy atom. The van der Waals surface area contributed by atoms with Crippen molar-refractivity contribution in [3.05, 3.63) is 39.9 Å². The van der Waals surface area contributed by atoms with E-state index >= 15 is 0 Å². The first-order valence-electron chi connectivity index (χ1n) is 5.89. The number of hydrogen-bond acceptors (Lipinski definition) is 5. The van der Waals surface area contributed by atoms with Crippen molar-refractivity contribution in [2.24, 2.45) is 0 Å². The van der Waals surface area contributed by atoms with Crippen LogP contribution in [0.5, 0.6) is 0 Å². The number of aromatic nitrogens is 2. The lowest BCUT2D eigenvalue weighted by Crippen LogP contribution is -2.25. The van der Waals surface area contributed by atoms with Gasteiger partial charge in [-0.3, -0.25) is 10.1 Å². The Labute approximate surface area is 106 Å². The standard InChI is InChI=1S/C11H19N5O2/c1-9-10(15-8-14-9)5-3-4-6-13-11(12-2)7-16(17)18/h7-8,12-13H,3-6H2,1-2H3,(H,14,15)/b11-7+. The summed E-state index contributed by atoms with van der Waals surface area (Å²) in [5.41, 5.74) is 2.19. The molecule has 100 valence electrons. The number of hydrogen-bond donors (Lipinski definition) is 3. The first kappa shape index (κ1) is 14.0. The summed E-state index contributed by atoms with van der Waals surface area (Å²) >= 11 is 0. The van der Waals surface area contributed by atoms with Crippen LogP contribution in [0.1, 0.15) is 24.2 Å². The number of nitrogens with zero attached hydrogens (tertiary/aromatic N) is 2. The second kappa shape index (κ2) is 7.31. The van der Waals surface area contributed by atoms with Gasteiger partial charge >= 0.3 is 0 Å². The van der Waals surface area contributed by atoms with Crippen LogP contribution in [0, 0.1) is 17.0 Å². The van der Waals surface area contributed by atoms with E-state index in [0.717, 1.165) is 36.9 Å². The Bertz CT molecular complexity index is 413. The maximum absolute atomic E-state index is 10.3. The van der Waals surface area contributed by atoms with Crippen LogP contribution in [0.25, 0.3) is 0 Å². The van der Waals surface area contributed by atoms with Crippen molar-refractivity contribution in [1.29, 1.82) is 0 Å². The molecule has 3 N–H and O–H groups in total. The van der Waals surface area contributed by atoms with E-state index in [4.69, 9.17) is 0 Å². The zero-order valence-electron chi connectivity index (χ0n) is 10.7. The summed E-state index contributed by atoms with van der Waals surface area (Å²) in [5, 5.41) is 16.0. The number of rotatable bonds is 8. The molecule has 18 heavy (non-hydrogen) atoms. The Hall–Kier alpha value is -2.05. The minimum atomic E-state index is -0.480. The predicted molar refractivity (Wildman–Crippen MR) is 68.4 cm³/mol. The summed E-state index contributed by atoms with van der Waals surface area (Å²) in [6.07, 6.45) is 5.47. The molecule has 0 bridgehead atoms. The average Bonchev–Trinajstić information content (AvgIpc) is 2.72. The van der Waals surface area contributed by atoms with Crippen LogP contribution in [-0.2, 0) is 6.42 Å². The number of imidazole rings is 1. The van der Waals surface area contributed by atoms with Crippen LogP contribution < -0.4 is 10.6 Å². The first-order valence-corrected chi connectivity index (χ1v) is 5.89. The Balaban J connectivity index is 2.19. The molecule has 0 aliphatic rings. The fourth-order valence-corrected chi connectivity index (χ4v) is 1.58. The van der Waals surface area contributed by atoms with Crippen LogP contribution in [0.4, 0.5) is 0 Å². The molecule has 1 aromatic rings. The third-order valence-electron chi connectivity index (χ3n) is 2.59. The fourth-order valence-electron chi connectivity index (χ4n) is 1.58. The van der Waals surface area contributed by atoms with Gasteiger partial charge in [0.25, 0.3) is 6.20 Å². The molecule has 0 radical (unpaired) electrons. The van der Waals surface area contributed by atoms with Gasteiger partial charge in [0, 0.05) is 19.3 Å². The van der Waals surface area contributed by atoms with Crippen molar-refractivity contribution in [2.45, 2.75) is 26.2 Å². The second-order valence-corrected chi connectivity index (χ2v) is 3.94. The van der Waals surface area contributed by atoms with Crippen LogP contribution in [-0.4, -0.2) is 28.5 Å². The van der Waals surface area contributed by atoms with Gasteiger partial charge in [0.2, 0.25) is 0 Å². The van der Waals surface area contributed by atoms with Gasteiger partial charge in [0.05, 0.1) is 16.9 Å². The topological polar surface area (TPSA) is 95.9 Å². The van der Waals surface area contributed by atoms with Gasteiger partial charge in [-0.2, -0.15) is 0 Å². The van der Waals surface area contributed by atoms with Gasteiger partial charge in [0.1, 0.15) is 0 Å². The number of nitrogens with one attached hydrogen (secondary N) is 3. The van der Waals surface area contributed by atoms with Crippen molar-refractivity contribution < 1.29 is 4.92 Å². The highest BCUT2D eigenvalue weighted by Crippen LogP contribution is 2.05. The summed E-state index contributed by atoms with van der Waals surface area (Å²) < 4.78 is 0. The Morgan fingerprint density at radius 1 is 1.61 bits per heavy atom. The summed E-state index contributed by atoms with van der Waals surface area (Å²) in [6, 6.07) is 0. The highest BCUT2D eigenvalue weighted by Gasteiger charge is 2.01. The minimum Gasteiger partial charge on any atom is -0.370 e. The van der Waals surface area contributed by atoms with E-state index in [1.807, 2.05) is 6.92 Å². The van der Waals surface area contributed by atoms with Crippen LogP contribution >= 0.6 is 0 Å². The molecule has 0 aliphatic heterocycles. The van der Waals surface area contributed by atoms with Crippen molar-refractivity contribution in [1.82, 2.24) is 20.6 Å². The molecule has 0 amide bonds. The molecule has 7 nitrogen and oxygen atoms in total. The number of H-pyrrole nitrogens is 1. The van der Waals surface area contributed by atoms with Gasteiger partial charge in [0.15, 0.2) is 5.82 Å². The predicted octanol–water partition coefficient (Wildman–Crippen LogP) is 0.925. The molecule has 0 aliphatic carbocycles. The molecule has 0 unspecified atom stereocenters. The van der Waals surface area contributed by atoms with Crippen LogP contribution in [0.2, 0.25) is 0 Å². The van der Waals surface area contributed by atoms with E-state index in [-0.39, 0.29) is 0 Å². The Morgan fingerprint density at radius 2 is 2.39 bits per heavy atom. The largest absolute Gasteiger partial charge is 0.370 e. The quantitative estimate of drug-likeness (QED) is 0.364. The van der Waals surface area contributed by atoms with Gasteiger partial charge in [-0.05, 0) is 26.2 Å². The van der Waals surface area contributed by atoms with Crippen molar-refractivity contribution >= 4 is 0 Å². The molecular formula is C11H19N5O2. The zero-order valence-corrected chi connectivity index (χ0v) is 10.7. The normalized spacial score (nSPS) is 11.3. The van der Waals surface area contributed by atoms with E-state index < -0.39 is 4.92 Å². The molecule has 1 aromatic heterocycles. The van der Waals surface area contributed by atoms with Crippen LogP contribution in [0.3, 0.4) is 0 Å². The maximum atomic E-state index is 10.3. The summed E-state index contributed by atoms with van der Waals surface area (Å²) in [5.74, 6) is 0.427. The van der Waals surface area contributed by atoms with E-state index in [2.05, 4.69) is 20.6 Å². The number of aromatic amines is 1. The Kier molecular flexibility index (Phi) is 5.69. The van der Waals surface area contributed by atoms with Crippen molar-refractivity contribution in [2.75, 3.05) is 13.6 Å². The van der Waals surface area contributed by atoms with Gasteiger partial charge < -0.3 is 15.6 Å². The molecule has 0 saturated heterocycles. The van der Waals surface area contributed by atoms with Gasteiger partial charge in [-0.15, -0.1) is 0 Å². The van der Waals surface area contributed by atoms with Gasteiger partial charge in [-0.25, -0.2) is 4.98 Å². The van der Waals surface area contributed by atoms with Crippen molar-refractivity contribution in [3.8, 4) is 0 Å². The molecular weight excluding hydrogens is 234 g/mol. The van der Waals surface area contributed by atoms with E-state index in [0.29, 0.717) is 12.4 Å². The second-order valence-electron chi connectivity index (χ2n) is 3.94. The summed E-state index contributed by atoms with van der Waals surface area (Å²) in [6.45, 7) is 2.70. The number of unbranched alkanes of at least 4 members (excludes halogenated alkanes) is 1. The smallest absolute Gasteiger partial charge is 0.274 e. The SMILES string of the molecule is CN/C(=C\[N+](=O)[O-])NCCCCc1nc[nH]c1C. The zero-order chi connectivity index (χ0) is 13.4. The first-order chi connectivity index (χ1) is 8.63. The lowest BCUT2D eigenvalue weighted by Gasteiger charge is -2.07. The minimum absolute atomic E-state index is 0.427. The molecule has 7 heteroatoms. The summed E-state index contributed by atoms with van der Waals surface area (Å²) in [4.78, 5) is 17.1. The average molecular weight is 253 g/mol. The maximum Gasteiger partial charge on any atom is 0.274 e. The fraction of sp³-hybridized carbons (Fsp3) is 0.545. The molecule has 0 atom stereocenters. The highest BCUT2D eigenvalue weighted by molar-refractivity contribution is 5.08. The van der Waals surface area contributed by atoms with Crippen LogP contribution in [0.15, 0.2) is 18.3 Å². The molecule has 1 rings (SSSR count). The molecule has 0 aromatic carbocycles. The third kappa shape index (κ3) is 4.86. The lowest BCUT2D eigenvalue weighted by atomic mass is 10.1. The van der Waals surface area contributed by atoms with E-state index in [1.54, 1.807) is 13.4 Å². The highest BCUT2D eigenvalue weighted by atomic mass is 16.6. The molecule has 0 spiro atoms. The molecule has 0 fully saturated rings.